The van der Waals surface area contributed by atoms with Gasteiger partial charge in [-0.1, -0.05) is 35.3 Å². The van der Waals surface area contributed by atoms with Crippen LogP contribution >= 0.6 is 23.2 Å². The highest BCUT2D eigenvalue weighted by Crippen LogP contribution is 2.29. The maximum atomic E-state index is 5.86. The third-order valence-corrected chi connectivity index (χ3v) is 2.54. The molecule has 1 radical (unpaired) electrons. The lowest BCUT2D eigenvalue weighted by molar-refractivity contribution is 0.482. The van der Waals surface area contributed by atoms with Gasteiger partial charge in [0, 0.05) is 6.07 Å². The highest BCUT2D eigenvalue weighted by atomic mass is 35.5. The smallest absolute Gasteiger partial charge is 0.129 e. The van der Waals surface area contributed by atoms with Gasteiger partial charge in [0.2, 0.25) is 0 Å². The van der Waals surface area contributed by atoms with Gasteiger partial charge >= 0.3 is 0 Å². The SMILES string of the molecule is Clc1ccc(Oc2c[c]ccc2)cc1Cl. The quantitative estimate of drug-likeness (QED) is 0.743. The topological polar surface area (TPSA) is 9.23 Å². The lowest BCUT2D eigenvalue weighted by Crippen LogP contribution is -1.83. The molecular formula is C12H7Cl2O. The molecule has 0 saturated heterocycles. The first kappa shape index (κ1) is 10.3. The van der Waals surface area contributed by atoms with Gasteiger partial charge in [-0.3, -0.25) is 0 Å². The third-order valence-electron chi connectivity index (χ3n) is 1.81. The molecule has 0 amide bonds. The van der Waals surface area contributed by atoms with E-state index in [2.05, 4.69) is 6.07 Å². The lowest BCUT2D eigenvalue weighted by Gasteiger charge is -2.05. The number of rotatable bonds is 2. The van der Waals surface area contributed by atoms with Crippen LogP contribution in [0.15, 0.2) is 42.5 Å². The molecule has 0 aliphatic heterocycles. The Kier molecular flexibility index (Phi) is 3.14. The van der Waals surface area contributed by atoms with Gasteiger partial charge in [-0.15, -0.1) is 0 Å². The summed E-state index contributed by atoms with van der Waals surface area (Å²) in [6.45, 7) is 0. The average molecular weight is 238 g/mol. The van der Waals surface area contributed by atoms with E-state index >= 15 is 0 Å². The normalized spacial score (nSPS) is 10.0. The minimum absolute atomic E-state index is 0.481. The molecule has 2 aromatic rings. The Morgan fingerprint density at radius 1 is 1.00 bits per heavy atom. The molecule has 1 nitrogen and oxygen atoms in total. The fraction of sp³-hybridized carbons (Fsp3) is 0. The van der Waals surface area contributed by atoms with Crippen molar-refractivity contribution >= 4 is 23.2 Å². The number of benzene rings is 2. The van der Waals surface area contributed by atoms with E-state index in [1.807, 2.05) is 18.2 Å². The molecule has 0 saturated carbocycles. The Morgan fingerprint density at radius 2 is 1.87 bits per heavy atom. The number of hydrogen-bond donors (Lipinski definition) is 0. The van der Waals surface area contributed by atoms with E-state index in [9.17, 15) is 0 Å². The highest BCUT2D eigenvalue weighted by molar-refractivity contribution is 6.42. The Morgan fingerprint density at radius 3 is 2.53 bits per heavy atom. The van der Waals surface area contributed by atoms with Crippen LogP contribution in [0.5, 0.6) is 11.5 Å². The van der Waals surface area contributed by atoms with Gasteiger partial charge < -0.3 is 4.74 Å². The second-order valence-electron chi connectivity index (χ2n) is 2.92. The van der Waals surface area contributed by atoms with Crippen molar-refractivity contribution in [2.24, 2.45) is 0 Å². The van der Waals surface area contributed by atoms with E-state index in [0.29, 0.717) is 15.8 Å². The van der Waals surface area contributed by atoms with Crippen molar-refractivity contribution in [2.75, 3.05) is 0 Å². The van der Waals surface area contributed by atoms with Crippen LogP contribution in [0.3, 0.4) is 0 Å². The number of hydrogen-bond acceptors (Lipinski definition) is 1. The van der Waals surface area contributed by atoms with Crippen molar-refractivity contribution in [2.45, 2.75) is 0 Å². The molecule has 0 fully saturated rings. The second-order valence-corrected chi connectivity index (χ2v) is 3.73. The molecule has 0 spiro atoms. The van der Waals surface area contributed by atoms with Gasteiger partial charge in [0.05, 0.1) is 10.0 Å². The minimum atomic E-state index is 0.481. The van der Waals surface area contributed by atoms with Gasteiger partial charge in [-0.25, -0.2) is 0 Å². The van der Waals surface area contributed by atoms with Crippen LogP contribution in [0.2, 0.25) is 10.0 Å². The van der Waals surface area contributed by atoms with Crippen molar-refractivity contribution in [3.05, 3.63) is 58.6 Å². The summed E-state index contributed by atoms with van der Waals surface area (Å²) in [5, 5.41) is 0.998. The predicted molar refractivity (Wildman–Crippen MR) is 61.8 cm³/mol. The van der Waals surface area contributed by atoms with E-state index in [-0.39, 0.29) is 0 Å². The Labute approximate surface area is 98.2 Å². The average Bonchev–Trinajstić information content (AvgIpc) is 2.25. The van der Waals surface area contributed by atoms with E-state index in [1.165, 1.54) is 0 Å². The largest absolute Gasteiger partial charge is 0.457 e. The molecule has 0 aromatic heterocycles. The van der Waals surface area contributed by atoms with Crippen molar-refractivity contribution in [1.82, 2.24) is 0 Å². The van der Waals surface area contributed by atoms with Crippen LogP contribution in [-0.2, 0) is 0 Å². The minimum Gasteiger partial charge on any atom is -0.457 e. The van der Waals surface area contributed by atoms with Gasteiger partial charge in [-0.2, -0.15) is 0 Å². The van der Waals surface area contributed by atoms with Crippen LogP contribution in [0.1, 0.15) is 0 Å². The summed E-state index contributed by atoms with van der Waals surface area (Å²) in [6.07, 6.45) is 0. The van der Waals surface area contributed by atoms with Gasteiger partial charge in [-0.05, 0) is 30.3 Å². The fourth-order valence-electron chi connectivity index (χ4n) is 1.12. The number of halogens is 2. The Balaban J connectivity index is 2.22. The standard InChI is InChI=1S/C12H7Cl2O/c13-11-7-6-10(8-12(11)14)15-9-4-2-1-3-5-9/h1-2,4-8H. The van der Waals surface area contributed by atoms with E-state index in [4.69, 9.17) is 27.9 Å². The molecule has 0 aliphatic carbocycles. The molecule has 75 valence electrons. The van der Waals surface area contributed by atoms with Crippen LogP contribution in [0.4, 0.5) is 0 Å². The summed E-state index contributed by atoms with van der Waals surface area (Å²) in [5.74, 6) is 1.37. The van der Waals surface area contributed by atoms with E-state index in [0.717, 1.165) is 5.75 Å². The molecule has 0 aliphatic rings. The zero-order valence-corrected chi connectivity index (χ0v) is 9.22. The molecular weight excluding hydrogens is 231 g/mol. The summed E-state index contributed by atoms with van der Waals surface area (Å²) in [6, 6.07) is 15.3. The summed E-state index contributed by atoms with van der Waals surface area (Å²) >= 11 is 11.7. The maximum Gasteiger partial charge on any atom is 0.129 e. The fourth-order valence-corrected chi connectivity index (χ4v) is 1.40. The summed E-state index contributed by atoms with van der Waals surface area (Å²) in [4.78, 5) is 0. The molecule has 0 heterocycles. The summed E-state index contributed by atoms with van der Waals surface area (Å²) in [7, 11) is 0. The molecule has 2 aromatic carbocycles. The number of ether oxygens (including phenoxy) is 1. The molecule has 0 bridgehead atoms. The zero-order chi connectivity index (χ0) is 10.7. The Hall–Kier alpha value is -1.18. The van der Waals surface area contributed by atoms with Crippen LogP contribution in [0.25, 0.3) is 0 Å². The van der Waals surface area contributed by atoms with Crippen molar-refractivity contribution in [3.8, 4) is 11.5 Å². The lowest BCUT2D eigenvalue weighted by atomic mass is 10.3. The first-order valence-corrected chi connectivity index (χ1v) is 5.10. The van der Waals surface area contributed by atoms with Gasteiger partial charge in [0.25, 0.3) is 0 Å². The first-order chi connectivity index (χ1) is 7.25. The van der Waals surface area contributed by atoms with Crippen molar-refractivity contribution < 1.29 is 4.74 Å². The molecule has 3 heteroatoms. The first-order valence-electron chi connectivity index (χ1n) is 4.35. The monoisotopic (exact) mass is 237 g/mol. The van der Waals surface area contributed by atoms with E-state index < -0.39 is 0 Å². The van der Waals surface area contributed by atoms with Crippen LogP contribution < -0.4 is 4.74 Å². The van der Waals surface area contributed by atoms with Crippen molar-refractivity contribution in [1.29, 1.82) is 0 Å². The highest BCUT2D eigenvalue weighted by Gasteiger charge is 2.00. The summed E-state index contributed by atoms with van der Waals surface area (Å²) < 4.78 is 5.54. The Bertz CT molecular complexity index is 454. The van der Waals surface area contributed by atoms with E-state index in [1.54, 1.807) is 24.3 Å². The molecule has 0 N–H and O–H groups in total. The molecule has 0 unspecified atom stereocenters. The zero-order valence-electron chi connectivity index (χ0n) is 7.71. The van der Waals surface area contributed by atoms with Gasteiger partial charge in [0.1, 0.15) is 11.5 Å². The molecule has 0 atom stereocenters. The predicted octanol–water partition coefficient (Wildman–Crippen LogP) is 4.59. The molecule has 2 rings (SSSR count). The second kappa shape index (κ2) is 4.56. The third kappa shape index (κ3) is 2.65. The van der Waals surface area contributed by atoms with Crippen LogP contribution in [-0.4, -0.2) is 0 Å². The molecule has 15 heavy (non-hydrogen) atoms. The maximum absolute atomic E-state index is 5.86. The van der Waals surface area contributed by atoms with Crippen LogP contribution in [0, 0.1) is 6.07 Å². The van der Waals surface area contributed by atoms with Gasteiger partial charge in [0.15, 0.2) is 0 Å². The van der Waals surface area contributed by atoms with Crippen molar-refractivity contribution in [3.63, 3.8) is 0 Å². The summed E-state index contributed by atoms with van der Waals surface area (Å²) in [5.41, 5.74) is 0.